The van der Waals surface area contributed by atoms with Crippen molar-refractivity contribution >= 4 is 47.0 Å². The Morgan fingerprint density at radius 3 is 2.23 bits per heavy atom. The molecule has 0 saturated carbocycles. The lowest BCUT2D eigenvalue weighted by molar-refractivity contribution is 0.917. The smallest absolute Gasteiger partial charge is 0.248 e. The first-order chi connectivity index (χ1) is 5.82. The summed E-state index contributed by atoms with van der Waals surface area (Å²) in [4.78, 5) is 6.85. The zero-order valence-corrected chi connectivity index (χ0v) is 10.1. The first-order valence-electron chi connectivity index (χ1n) is 3.47. The van der Waals surface area contributed by atoms with Gasteiger partial charge in [-0.25, -0.2) is 4.98 Å². The van der Waals surface area contributed by atoms with E-state index in [1.54, 1.807) is 0 Å². The van der Waals surface area contributed by atoms with Crippen molar-refractivity contribution in [3.05, 3.63) is 21.7 Å². The van der Waals surface area contributed by atoms with Crippen molar-refractivity contribution in [2.24, 2.45) is 0 Å². The highest BCUT2D eigenvalue weighted by atomic mass is 35.6. The Balaban J connectivity index is 3.38. The lowest BCUT2D eigenvalue weighted by atomic mass is 10.3. The number of alkyl halides is 3. The quantitative estimate of drug-likeness (QED) is 0.568. The molecule has 0 saturated heterocycles. The van der Waals surface area contributed by atoms with Gasteiger partial charge < -0.3 is 4.98 Å². The first-order valence-corrected chi connectivity index (χ1v) is 5.01. The van der Waals surface area contributed by atoms with Crippen LogP contribution in [0.5, 0.6) is 0 Å². The Bertz CT molecular complexity index is 380. The number of aryl methyl sites for hydroxylation is 1. The van der Waals surface area contributed by atoms with Crippen molar-refractivity contribution in [3.63, 3.8) is 0 Å². The van der Waals surface area contributed by atoms with E-state index in [-0.39, 0.29) is 5.82 Å². The minimum absolute atomic E-state index is 0.255. The second-order valence-corrected chi connectivity index (χ2v) is 5.31. The van der Waals surface area contributed by atoms with E-state index in [1.165, 1.54) is 0 Å². The number of hydrogen-bond acceptors (Lipinski definition) is 2. The van der Waals surface area contributed by atoms with Crippen LogP contribution < -0.4 is 0 Å². The summed E-state index contributed by atoms with van der Waals surface area (Å²) in [5.74, 6) is 0.255. The molecule has 13 heavy (non-hydrogen) atoms. The third-order valence-corrected chi connectivity index (χ3v) is 2.61. The monoisotopic (exact) mass is 256 g/mol. The van der Waals surface area contributed by atoms with Gasteiger partial charge in [0.25, 0.3) is 0 Å². The van der Waals surface area contributed by atoms with Crippen LogP contribution in [-0.2, 0) is 3.79 Å². The molecule has 0 aliphatic carbocycles. The molecule has 0 unspecified atom stereocenters. The molecule has 72 valence electrons. The summed E-state index contributed by atoms with van der Waals surface area (Å²) in [6.45, 7) is 3.72. The molecule has 0 bridgehead atoms. The summed E-state index contributed by atoms with van der Waals surface area (Å²) < 4.78 is -1.09. The Labute approximate surface area is 96.2 Å². The molecule has 0 spiro atoms. The van der Waals surface area contributed by atoms with Crippen molar-refractivity contribution in [1.82, 2.24) is 9.97 Å². The van der Waals surface area contributed by atoms with Gasteiger partial charge in [-0.2, -0.15) is 0 Å². The zero-order valence-electron chi connectivity index (χ0n) is 6.99. The van der Waals surface area contributed by atoms with E-state index in [1.807, 2.05) is 13.8 Å². The summed E-state index contributed by atoms with van der Waals surface area (Å²) in [5, 5.41) is 0. The lowest BCUT2D eigenvalue weighted by Gasteiger charge is -2.11. The van der Waals surface area contributed by atoms with Crippen LogP contribution in [0.15, 0.2) is 0 Å². The Hall–Kier alpha value is 0.170. The number of H-pyrrole nitrogens is 1. The highest BCUT2D eigenvalue weighted by Gasteiger charge is 2.26. The number of aromatic amines is 1. The number of nitrogens with zero attached hydrogens (tertiary/aromatic N) is 1. The average molecular weight is 258 g/mol. The highest BCUT2D eigenvalue weighted by Crippen LogP contribution is 2.35. The summed E-state index contributed by atoms with van der Waals surface area (Å²) in [7, 11) is 0. The average Bonchev–Trinajstić information content (AvgIpc) is 1.97. The number of aromatic nitrogens is 2. The highest BCUT2D eigenvalue weighted by molar-refractivity contribution is 7.71. The van der Waals surface area contributed by atoms with Crippen LogP contribution in [0.3, 0.4) is 0 Å². The molecule has 1 aromatic rings. The second kappa shape index (κ2) is 3.73. The molecular formula is C7H7Cl3N2S. The van der Waals surface area contributed by atoms with Gasteiger partial charge in [-0.3, -0.25) is 0 Å². The van der Waals surface area contributed by atoms with Gasteiger partial charge in [0.15, 0.2) is 5.82 Å². The van der Waals surface area contributed by atoms with Gasteiger partial charge in [-0.05, 0) is 13.8 Å². The summed E-state index contributed by atoms with van der Waals surface area (Å²) in [5.41, 5.74) is 1.76. The molecule has 0 atom stereocenters. The predicted molar refractivity (Wildman–Crippen MR) is 58.1 cm³/mol. The van der Waals surface area contributed by atoms with E-state index >= 15 is 0 Å². The third-order valence-electron chi connectivity index (χ3n) is 1.67. The lowest BCUT2D eigenvalue weighted by Crippen LogP contribution is -2.09. The molecule has 0 radical (unpaired) electrons. The van der Waals surface area contributed by atoms with Crippen molar-refractivity contribution in [2.75, 3.05) is 0 Å². The molecule has 1 aromatic heterocycles. The first kappa shape index (κ1) is 11.2. The number of hydrogen-bond donors (Lipinski definition) is 1. The molecule has 0 aromatic carbocycles. The Morgan fingerprint density at radius 1 is 1.31 bits per heavy atom. The Kier molecular flexibility index (Phi) is 3.23. The van der Waals surface area contributed by atoms with E-state index in [4.69, 9.17) is 47.0 Å². The molecule has 0 fully saturated rings. The molecular weight excluding hydrogens is 251 g/mol. The Morgan fingerprint density at radius 2 is 1.85 bits per heavy atom. The van der Waals surface area contributed by atoms with Crippen molar-refractivity contribution in [3.8, 4) is 0 Å². The van der Waals surface area contributed by atoms with E-state index in [2.05, 4.69) is 9.97 Å². The minimum Gasteiger partial charge on any atom is -0.344 e. The van der Waals surface area contributed by atoms with E-state index in [0.29, 0.717) is 4.64 Å². The fourth-order valence-electron chi connectivity index (χ4n) is 0.779. The zero-order chi connectivity index (χ0) is 10.2. The van der Waals surface area contributed by atoms with Crippen LogP contribution in [0.4, 0.5) is 0 Å². The van der Waals surface area contributed by atoms with Crippen LogP contribution >= 0.6 is 47.0 Å². The standard InChI is InChI=1S/C7H7Cl3N2S/c1-3-4(2)11-6(7(8,9)10)12-5(3)13/h1-2H3,(H,11,12,13). The molecule has 0 amide bonds. The van der Waals surface area contributed by atoms with E-state index < -0.39 is 3.79 Å². The molecule has 0 aliphatic rings. The van der Waals surface area contributed by atoms with Crippen LogP contribution in [0.1, 0.15) is 17.1 Å². The second-order valence-electron chi connectivity index (χ2n) is 2.64. The summed E-state index contributed by atoms with van der Waals surface area (Å²) in [6.07, 6.45) is 0. The third kappa shape index (κ3) is 2.56. The maximum absolute atomic E-state index is 5.65. The van der Waals surface area contributed by atoms with Gasteiger partial charge in [0.2, 0.25) is 3.79 Å². The normalized spacial score (nSPS) is 11.8. The van der Waals surface area contributed by atoms with Crippen LogP contribution in [0, 0.1) is 18.5 Å². The van der Waals surface area contributed by atoms with Crippen molar-refractivity contribution in [1.29, 1.82) is 0 Å². The van der Waals surface area contributed by atoms with E-state index in [9.17, 15) is 0 Å². The van der Waals surface area contributed by atoms with Gasteiger partial charge in [-0.15, -0.1) is 0 Å². The fourth-order valence-corrected chi connectivity index (χ4v) is 1.29. The van der Waals surface area contributed by atoms with Gasteiger partial charge in [0, 0.05) is 11.3 Å². The topological polar surface area (TPSA) is 28.7 Å². The van der Waals surface area contributed by atoms with Crippen LogP contribution in [0.25, 0.3) is 0 Å². The minimum atomic E-state index is -1.55. The van der Waals surface area contributed by atoms with Gasteiger partial charge >= 0.3 is 0 Å². The van der Waals surface area contributed by atoms with Gasteiger partial charge in [0.1, 0.15) is 4.64 Å². The molecule has 0 aliphatic heterocycles. The molecule has 2 nitrogen and oxygen atoms in total. The van der Waals surface area contributed by atoms with Crippen molar-refractivity contribution in [2.45, 2.75) is 17.6 Å². The maximum atomic E-state index is 5.65. The molecule has 1 N–H and O–H groups in total. The van der Waals surface area contributed by atoms with Crippen molar-refractivity contribution < 1.29 is 0 Å². The van der Waals surface area contributed by atoms with Crippen LogP contribution in [-0.4, -0.2) is 9.97 Å². The predicted octanol–water partition coefficient (Wildman–Crippen LogP) is 3.58. The largest absolute Gasteiger partial charge is 0.344 e. The fraction of sp³-hybridized carbons (Fsp3) is 0.429. The maximum Gasteiger partial charge on any atom is 0.248 e. The number of halogens is 3. The molecule has 1 rings (SSSR count). The number of nitrogens with one attached hydrogen (secondary N) is 1. The van der Waals surface area contributed by atoms with Gasteiger partial charge in [-0.1, -0.05) is 47.0 Å². The van der Waals surface area contributed by atoms with Gasteiger partial charge in [0.05, 0.1) is 0 Å². The molecule has 6 heteroatoms. The van der Waals surface area contributed by atoms with Crippen LogP contribution in [0.2, 0.25) is 0 Å². The summed E-state index contributed by atoms with van der Waals surface area (Å²) >= 11 is 21.9. The SMILES string of the molecule is Cc1[nH]c(C(Cl)(Cl)Cl)nc(=S)c1C. The number of rotatable bonds is 0. The molecule has 1 heterocycles. The summed E-state index contributed by atoms with van der Waals surface area (Å²) in [6, 6.07) is 0. The van der Waals surface area contributed by atoms with E-state index in [0.717, 1.165) is 11.3 Å².